The minimum absolute atomic E-state index is 0.106. The van der Waals surface area contributed by atoms with E-state index in [9.17, 15) is 22.8 Å². The average molecular weight is 596 g/mol. The number of aromatic nitrogens is 2. The number of hydrogen-bond acceptors (Lipinski definition) is 5. The molecule has 1 fully saturated rings. The summed E-state index contributed by atoms with van der Waals surface area (Å²) in [5.74, 6) is 0.349. The Morgan fingerprint density at radius 1 is 1.02 bits per heavy atom. The highest BCUT2D eigenvalue weighted by Gasteiger charge is 2.34. The summed E-state index contributed by atoms with van der Waals surface area (Å²) in [7, 11) is 1.78. The second kappa shape index (κ2) is 11.1. The Morgan fingerprint density at radius 2 is 1.79 bits per heavy atom. The molecule has 0 unspecified atom stereocenters. The van der Waals surface area contributed by atoms with E-state index in [1.165, 1.54) is 35.2 Å². The Morgan fingerprint density at radius 3 is 2.50 bits per heavy atom. The van der Waals surface area contributed by atoms with Gasteiger partial charge in [0.05, 0.1) is 17.3 Å². The van der Waals surface area contributed by atoms with Gasteiger partial charge < -0.3 is 9.30 Å². The molecule has 0 bridgehead atoms. The number of nitrogens with zero attached hydrogens (tertiary/aromatic N) is 4. The van der Waals surface area contributed by atoms with Crippen LogP contribution in [0.4, 0.5) is 23.8 Å². The van der Waals surface area contributed by atoms with E-state index in [1.54, 1.807) is 34.8 Å². The van der Waals surface area contributed by atoms with Gasteiger partial charge in [-0.05, 0) is 47.0 Å². The van der Waals surface area contributed by atoms with Crippen LogP contribution in [0.3, 0.4) is 0 Å². The van der Waals surface area contributed by atoms with Crippen molar-refractivity contribution in [2.24, 2.45) is 7.05 Å². The number of ether oxygens (including phenoxy) is 1. The third kappa shape index (κ3) is 5.21. The SMILES string of the molecule is Cn1c(N2CCC(=O)NC2=O)cnc1-c1ccc2c(c1)CN([C@@H](c1ccc(Oc3c(F)cccc3Cl)cc1)C(F)F)C2. The van der Waals surface area contributed by atoms with Gasteiger partial charge in [-0.2, -0.15) is 0 Å². The molecule has 6 rings (SSSR count). The number of benzene rings is 3. The van der Waals surface area contributed by atoms with E-state index in [1.807, 2.05) is 18.2 Å². The van der Waals surface area contributed by atoms with Crippen molar-refractivity contribution < 1.29 is 27.5 Å². The van der Waals surface area contributed by atoms with Crippen LogP contribution in [-0.4, -0.2) is 39.4 Å². The lowest BCUT2D eigenvalue weighted by atomic mass is 10.1. The van der Waals surface area contributed by atoms with Crippen LogP contribution in [0, 0.1) is 5.82 Å². The van der Waals surface area contributed by atoms with Gasteiger partial charge in [-0.1, -0.05) is 41.9 Å². The van der Waals surface area contributed by atoms with Gasteiger partial charge in [-0.3, -0.25) is 19.9 Å². The van der Waals surface area contributed by atoms with E-state index in [-0.39, 0.29) is 35.4 Å². The van der Waals surface area contributed by atoms with Gasteiger partial charge in [0.2, 0.25) is 5.91 Å². The fourth-order valence-corrected chi connectivity index (χ4v) is 5.61. The number of halogens is 4. The van der Waals surface area contributed by atoms with Gasteiger partial charge in [-0.15, -0.1) is 0 Å². The molecule has 0 aliphatic carbocycles. The van der Waals surface area contributed by atoms with Gasteiger partial charge >= 0.3 is 6.03 Å². The van der Waals surface area contributed by atoms with Crippen molar-refractivity contribution >= 4 is 29.4 Å². The first kappa shape index (κ1) is 27.8. The molecule has 0 spiro atoms. The number of imidazole rings is 1. The number of carbonyl (C=O) groups excluding carboxylic acids is 2. The maximum atomic E-state index is 14.4. The molecule has 0 radical (unpaired) electrons. The fourth-order valence-electron chi connectivity index (χ4n) is 5.41. The van der Waals surface area contributed by atoms with Crippen LogP contribution in [-0.2, 0) is 24.9 Å². The van der Waals surface area contributed by atoms with Crippen molar-refractivity contribution in [3.63, 3.8) is 0 Å². The molecule has 3 aromatic carbocycles. The van der Waals surface area contributed by atoms with Crippen LogP contribution in [0.5, 0.6) is 11.5 Å². The summed E-state index contributed by atoms with van der Waals surface area (Å²) in [5.41, 5.74) is 3.01. The van der Waals surface area contributed by atoms with Crippen LogP contribution in [0.25, 0.3) is 11.4 Å². The number of fused-ring (bicyclic) bond motifs is 1. The highest BCUT2D eigenvalue weighted by molar-refractivity contribution is 6.32. The molecule has 3 heterocycles. The van der Waals surface area contributed by atoms with Crippen LogP contribution in [0.15, 0.2) is 66.9 Å². The lowest BCUT2D eigenvalue weighted by Gasteiger charge is -2.27. The standard InChI is InChI=1S/C30H25ClF3N5O3/c1-37-25(39-12-11-24(40)36-30(39)41)14-35-29(37)18-5-6-19-15-38(16-20(19)13-18)26(28(33)34)17-7-9-21(10-8-17)42-27-22(31)3-2-4-23(27)32/h2-10,13-14,26,28H,11-12,15-16H2,1H3,(H,36,40,41)/t26-/m0/s1. The Kier molecular flexibility index (Phi) is 7.38. The van der Waals surface area contributed by atoms with E-state index in [4.69, 9.17) is 16.3 Å². The molecular weight excluding hydrogens is 571 g/mol. The Labute approximate surface area is 244 Å². The van der Waals surface area contributed by atoms with Gasteiger partial charge in [0.1, 0.15) is 17.4 Å². The molecule has 1 atom stereocenters. The van der Waals surface area contributed by atoms with E-state index in [0.717, 1.165) is 16.7 Å². The van der Waals surface area contributed by atoms with Crippen molar-refractivity contribution in [3.05, 3.63) is 94.4 Å². The normalized spacial score (nSPS) is 16.1. The molecule has 1 N–H and O–H groups in total. The number of para-hydroxylation sites is 1. The highest BCUT2D eigenvalue weighted by atomic mass is 35.5. The minimum Gasteiger partial charge on any atom is -0.453 e. The van der Waals surface area contributed by atoms with Crippen LogP contribution < -0.4 is 15.0 Å². The maximum absolute atomic E-state index is 14.4. The van der Waals surface area contributed by atoms with Gasteiger partial charge in [0.15, 0.2) is 11.6 Å². The summed E-state index contributed by atoms with van der Waals surface area (Å²) in [6.07, 6.45) is -0.891. The van der Waals surface area contributed by atoms with Gasteiger partial charge in [-0.25, -0.2) is 22.9 Å². The van der Waals surface area contributed by atoms with Crippen molar-refractivity contribution in [2.75, 3.05) is 11.4 Å². The number of alkyl halides is 2. The second-order valence-electron chi connectivity index (χ2n) is 10.1. The molecule has 1 saturated heterocycles. The third-order valence-electron chi connectivity index (χ3n) is 7.50. The number of hydrogen-bond donors (Lipinski definition) is 1. The smallest absolute Gasteiger partial charge is 0.329 e. The number of carbonyl (C=O) groups is 2. The average Bonchev–Trinajstić information content (AvgIpc) is 3.54. The number of imide groups is 1. The molecule has 3 amide bonds. The topological polar surface area (TPSA) is 79.7 Å². The third-order valence-corrected chi connectivity index (χ3v) is 7.80. The summed E-state index contributed by atoms with van der Waals surface area (Å²) in [4.78, 5) is 31.5. The first-order chi connectivity index (χ1) is 20.2. The van der Waals surface area contributed by atoms with Crippen LogP contribution in [0.1, 0.15) is 29.2 Å². The van der Waals surface area contributed by atoms with Crippen molar-refractivity contribution in [1.29, 1.82) is 0 Å². The number of anilines is 1. The van der Waals surface area contributed by atoms with Crippen molar-refractivity contribution in [1.82, 2.24) is 19.8 Å². The highest BCUT2D eigenvalue weighted by Crippen LogP contribution is 2.38. The Balaban J connectivity index is 1.20. The summed E-state index contributed by atoms with van der Waals surface area (Å²) in [5, 5.41) is 2.41. The van der Waals surface area contributed by atoms with Gasteiger partial charge in [0, 0.05) is 38.7 Å². The number of urea groups is 1. The number of amides is 3. The summed E-state index contributed by atoms with van der Waals surface area (Å²) in [6, 6.07) is 14.4. The Hall–Kier alpha value is -4.35. The Bertz CT molecular complexity index is 1660. The fraction of sp³-hybridized carbons (Fsp3) is 0.233. The first-order valence-corrected chi connectivity index (χ1v) is 13.6. The predicted molar refractivity (Wildman–Crippen MR) is 150 cm³/mol. The van der Waals surface area contributed by atoms with E-state index < -0.39 is 24.3 Å². The summed E-state index contributed by atoms with van der Waals surface area (Å²) in [6.45, 7) is 0.887. The lowest BCUT2D eigenvalue weighted by Crippen LogP contribution is -2.50. The maximum Gasteiger partial charge on any atom is 0.329 e. The first-order valence-electron chi connectivity index (χ1n) is 13.2. The molecule has 12 heteroatoms. The predicted octanol–water partition coefficient (Wildman–Crippen LogP) is 6.44. The summed E-state index contributed by atoms with van der Waals surface area (Å²) >= 11 is 6.03. The van der Waals surface area contributed by atoms with Gasteiger partial charge in [0.25, 0.3) is 6.43 Å². The molecule has 2 aliphatic heterocycles. The van der Waals surface area contributed by atoms with E-state index in [0.29, 0.717) is 30.3 Å². The number of nitrogens with one attached hydrogen (secondary N) is 1. The van der Waals surface area contributed by atoms with E-state index >= 15 is 0 Å². The van der Waals surface area contributed by atoms with Crippen molar-refractivity contribution in [2.45, 2.75) is 32.0 Å². The van der Waals surface area contributed by atoms with Crippen molar-refractivity contribution in [3.8, 4) is 22.9 Å². The molecule has 0 saturated carbocycles. The minimum atomic E-state index is -2.66. The molecular formula is C30H25ClF3N5O3. The lowest BCUT2D eigenvalue weighted by molar-refractivity contribution is -0.120. The molecule has 42 heavy (non-hydrogen) atoms. The molecule has 8 nitrogen and oxygen atoms in total. The van der Waals surface area contributed by atoms with Crippen LogP contribution in [0.2, 0.25) is 5.02 Å². The zero-order valence-corrected chi connectivity index (χ0v) is 23.1. The molecule has 1 aromatic heterocycles. The molecule has 2 aliphatic rings. The monoisotopic (exact) mass is 595 g/mol. The second-order valence-corrected chi connectivity index (χ2v) is 10.6. The largest absolute Gasteiger partial charge is 0.453 e. The number of rotatable bonds is 7. The summed E-state index contributed by atoms with van der Waals surface area (Å²) < 4.78 is 50.3. The molecule has 4 aromatic rings. The zero-order valence-electron chi connectivity index (χ0n) is 22.4. The quantitative estimate of drug-likeness (QED) is 0.266. The zero-order chi connectivity index (χ0) is 29.5. The van der Waals surface area contributed by atoms with E-state index in [2.05, 4.69) is 10.3 Å². The molecule has 216 valence electrons. The van der Waals surface area contributed by atoms with Crippen LogP contribution >= 0.6 is 11.6 Å².